The van der Waals surface area contributed by atoms with Crippen LogP contribution in [0.3, 0.4) is 0 Å². The van der Waals surface area contributed by atoms with Gasteiger partial charge in [-0.1, -0.05) is 72.8 Å². The molecule has 0 fully saturated rings. The second-order valence-electron chi connectivity index (χ2n) is 6.56. The van der Waals surface area contributed by atoms with E-state index in [1.165, 1.54) is 0 Å². The third-order valence-electron chi connectivity index (χ3n) is 4.84. The van der Waals surface area contributed by atoms with Gasteiger partial charge in [0.25, 0.3) is 0 Å². The van der Waals surface area contributed by atoms with Crippen LogP contribution >= 0.6 is 0 Å². The van der Waals surface area contributed by atoms with Gasteiger partial charge in [-0.25, -0.2) is 0 Å². The monoisotopic (exact) mass is 362 g/mol. The molecule has 0 aliphatic carbocycles. The van der Waals surface area contributed by atoms with Crippen LogP contribution in [0.25, 0.3) is 28.2 Å². The molecule has 134 valence electrons. The lowest BCUT2D eigenvalue weighted by molar-refractivity contribution is 1.03. The molecule has 0 aliphatic heterocycles. The van der Waals surface area contributed by atoms with Crippen molar-refractivity contribution in [1.29, 1.82) is 5.26 Å². The van der Waals surface area contributed by atoms with Crippen LogP contribution in [0.15, 0.2) is 95.8 Å². The predicted octanol–water partition coefficient (Wildman–Crippen LogP) is 5.35. The minimum absolute atomic E-state index is 0.0246. The number of hydrogen-bond donors (Lipinski definition) is 0. The van der Waals surface area contributed by atoms with Crippen molar-refractivity contribution in [2.24, 2.45) is 0 Å². The van der Waals surface area contributed by atoms with Gasteiger partial charge in [-0.3, -0.25) is 4.79 Å². The summed E-state index contributed by atoms with van der Waals surface area (Å²) in [5.41, 5.74) is 5.35. The molecule has 0 saturated carbocycles. The summed E-state index contributed by atoms with van der Waals surface area (Å²) in [7, 11) is 0. The van der Waals surface area contributed by atoms with Crippen molar-refractivity contribution in [3.8, 4) is 34.3 Å². The smallest absolute Gasteiger partial charge is 0.185 e. The van der Waals surface area contributed by atoms with Gasteiger partial charge in [-0.05, 0) is 30.2 Å². The van der Waals surface area contributed by atoms with Crippen molar-refractivity contribution in [3.63, 3.8) is 0 Å². The minimum Gasteiger partial charge on any atom is -0.307 e. The standard InChI is InChI=1S/C25H18N2O/c1-18-24(28)16-23(19-10-4-2-5-11-19)27(22-15-9-8-14-21(22)17-26)25(18)20-12-6-3-7-13-20/h2-16H,1H3. The molecule has 0 radical (unpaired) electrons. The number of nitriles is 1. The van der Waals surface area contributed by atoms with Crippen molar-refractivity contribution in [2.75, 3.05) is 0 Å². The molecule has 4 aromatic rings. The summed E-state index contributed by atoms with van der Waals surface area (Å²) in [6.07, 6.45) is 0. The van der Waals surface area contributed by atoms with E-state index in [2.05, 4.69) is 6.07 Å². The number of benzene rings is 3. The topological polar surface area (TPSA) is 45.8 Å². The van der Waals surface area contributed by atoms with Crippen molar-refractivity contribution >= 4 is 0 Å². The number of rotatable bonds is 3. The first-order valence-electron chi connectivity index (χ1n) is 9.07. The van der Waals surface area contributed by atoms with Crippen molar-refractivity contribution in [2.45, 2.75) is 6.92 Å². The maximum atomic E-state index is 12.9. The number of pyridine rings is 1. The molecule has 0 aliphatic rings. The first-order valence-corrected chi connectivity index (χ1v) is 9.07. The van der Waals surface area contributed by atoms with E-state index in [4.69, 9.17) is 0 Å². The highest BCUT2D eigenvalue weighted by Crippen LogP contribution is 2.32. The van der Waals surface area contributed by atoms with E-state index in [9.17, 15) is 10.1 Å². The second-order valence-corrected chi connectivity index (χ2v) is 6.56. The molecule has 1 aromatic heterocycles. The van der Waals surface area contributed by atoms with Crippen LogP contribution in [0.2, 0.25) is 0 Å². The molecular formula is C25H18N2O. The van der Waals surface area contributed by atoms with Gasteiger partial charge in [0.2, 0.25) is 0 Å². The van der Waals surface area contributed by atoms with Crippen LogP contribution in [-0.4, -0.2) is 4.57 Å². The first-order chi connectivity index (χ1) is 13.7. The minimum atomic E-state index is -0.0246. The van der Waals surface area contributed by atoms with Crippen LogP contribution in [0.1, 0.15) is 11.1 Å². The molecule has 28 heavy (non-hydrogen) atoms. The van der Waals surface area contributed by atoms with Gasteiger partial charge in [0, 0.05) is 11.6 Å². The largest absolute Gasteiger partial charge is 0.307 e. The Morgan fingerprint density at radius 1 is 0.786 bits per heavy atom. The molecule has 3 nitrogen and oxygen atoms in total. The van der Waals surface area contributed by atoms with Gasteiger partial charge < -0.3 is 4.57 Å². The van der Waals surface area contributed by atoms with Gasteiger partial charge in [0.15, 0.2) is 5.43 Å². The van der Waals surface area contributed by atoms with E-state index in [1.54, 1.807) is 12.1 Å². The zero-order valence-corrected chi connectivity index (χ0v) is 15.5. The van der Waals surface area contributed by atoms with E-state index >= 15 is 0 Å². The lowest BCUT2D eigenvalue weighted by atomic mass is 10.0. The molecule has 1 heterocycles. The van der Waals surface area contributed by atoms with Crippen molar-refractivity contribution < 1.29 is 0 Å². The Hall–Kier alpha value is -3.90. The van der Waals surface area contributed by atoms with E-state index in [0.29, 0.717) is 11.1 Å². The summed E-state index contributed by atoms with van der Waals surface area (Å²) < 4.78 is 2.03. The molecule has 0 atom stereocenters. The zero-order valence-electron chi connectivity index (χ0n) is 15.5. The zero-order chi connectivity index (χ0) is 19.5. The van der Waals surface area contributed by atoms with Crippen LogP contribution in [0.5, 0.6) is 0 Å². The lowest BCUT2D eigenvalue weighted by Crippen LogP contribution is -2.16. The van der Waals surface area contributed by atoms with Gasteiger partial charge in [-0.2, -0.15) is 5.26 Å². The van der Waals surface area contributed by atoms with Crippen LogP contribution < -0.4 is 5.43 Å². The summed E-state index contributed by atoms with van der Waals surface area (Å²) >= 11 is 0. The molecule has 4 rings (SSSR count). The van der Waals surface area contributed by atoms with E-state index in [1.807, 2.05) is 90.4 Å². The Balaban J connectivity index is 2.19. The maximum absolute atomic E-state index is 12.9. The molecule has 0 amide bonds. The summed E-state index contributed by atoms with van der Waals surface area (Å²) in [6, 6.07) is 31.0. The van der Waals surface area contributed by atoms with Gasteiger partial charge in [0.05, 0.1) is 22.6 Å². The second kappa shape index (κ2) is 7.38. The predicted molar refractivity (Wildman–Crippen MR) is 112 cm³/mol. The van der Waals surface area contributed by atoms with Gasteiger partial charge >= 0.3 is 0 Å². The number of hydrogen-bond acceptors (Lipinski definition) is 2. The Labute approximate surface area is 163 Å². The molecule has 3 aromatic carbocycles. The Bertz CT molecular complexity index is 1230. The molecular weight excluding hydrogens is 344 g/mol. The highest BCUT2D eigenvalue weighted by Gasteiger charge is 2.18. The average Bonchev–Trinajstić information content (AvgIpc) is 2.76. The average molecular weight is 362 g/mol. The summed E-state index contributed by atoms with van der Waals surface area (Å²) in [6.45, 7) is 1.84. The highest BCUT2D eigenvalue weighted by atomic mass is 16.1. The third kappa shape index (κ3) is 3.02. The molecule has 3 heteroatoms. The Morgan fingerprint density at radius 3 is 2.00 bits per heavy atom. The van der Waals surface area contributed by atoms with Crippen LogP contribution in [0, 0.1) is 18.3 Å². The molecule has 0 unspecified atom stereocenters. The number of para-hydroxylation sites is 1. The SMILES string of the molecule is Cc1c(-c2ccccc2)n(-c2ccccc2C#N)c(-c2ccccc2)cc1=O. The van der Waals surface area contributed by atoms with Gasteiger partial charge in [-0.15, -0.1) is 0 Å². The first kappa shape index (κ1) is 17.5. The molecule has 0 N–H and O–H groups in total. The molecule has 0 bridgehead atoms. The summed E-state index contributed by atoms with van der Waals surface area (Å²) in [4.78, 5) is 12.9. The fourth-order valence-electron chi connectivity index (χ4n) is 3.48. The fourth-order valence-corrected chi connectivity index (χ4v) is 3.48. The number of nitrogens with zero attached hydrogens (tertiary/aromatic N) is 2. The quantitative estimate of drug-likeness (QED) is 0.493. The van der Waals surface area contributed by atoms with Gasteiger partial charge in [0.1, 0.15) is 6.07 Å². The maximum Gasteiger partial charge on any atom is 0.185 e. The summed E-state index contributed by atoms with van der Waals surface area (Å²) in [5, 5.41) is 9.70. The van der Waals surface area contributed by atoms with Crippen LogP contribution in [0.4, 0.5) is 0 Å². The summed E-state index contributed by atoms with van der Waals surface area (Å²) in [5.74, 6) is 0. The van der Waals surface area contributed by atoms with Crippen LogP contribution in [-0.2, 0) is 0 Å². The Kier molecular flexibility index (Phi) is 4.62. The van der Waals surface area contributed by atoms with E-state index < -0.39 is 0 Å². The third-order valence-corrected chi connectivity index (χ3v) is 4.84. The molecule has 0 spiro atoms. The Morgan fingerprint density at radius 2 is 1.36 bits per heavy atom. The number of aromatic nitrogens is 1. The fraction of sp³-hybridized carbons (Fsp3) is 0.0400. The molecule has 0 saturated heterocycles. The lowest BCUT2D eigenvalue weighted by Gasteiger charge is -2.22. The van der Waals surface area contributed by atoms with E-state index in [-0.39, 0.29) is 5.43 Å². The van der Waals surface area contributed by atoms with E-state index in [0.717, 1.165) is 28.2 Å². The van der Waals surface area contributed by atoms with Crippen molar-refractivity contribution in [1.82, 2.24) is 4.57 Å². The highest BCUT2D eigenvalue weighted by molar-refractivity contribution is 5.74. The normalized spacial score (nSPS) is 10.4. The van der Waals surface area contributed by atoms with Crippen molar-refractivity contribution in [3.05, 3.63) is 112 Å².